The quantitative estimate of drug-likeness (QED) is 0.229. The molecule has 0 saturated heterocycles. The summed E-state index contributed by atoms with van der Waals surface area (Å²) in [6, 6.07) is 17.1. The maximum absolute atomic E-state index is 5.00. The average molecular weight is 569 g/mol. The zero-order valence-electron chi connectivity index (χ0n) is 25.8. The molecule has 4 aromatic rings. The maximum atomic E-state index is 5.00. The summed E-state index contributed by atoms with van der Waals surface area (Å²) in [4.78, 5) is 17.1. The number of aryl methyl sites for hydroxylation is 6. The van der Waals surface area contributed by atoms with Crippen LogP contribution in [0.15, 0.2) is 94.2 Å². The number of benzene rings is 2. The van der Waals surface area contributed by atoms with Crippen molar-refractivity contribution in [3.63, 3.8) is 0 Å². The predicted molar refractivity (Wildman–Crippen MR) is 182 cm³/mol. The normalized spacial score (nSPS) is 18.2. The lowest BCUT2D eigenvalue weighted by Gasteiger charge is -2.16. The highest BCUT2D eigenvalue weighted by Crippen LogP contribution is 2.36. The van der Waals surface area contributed by atoms with Crippen LogP contribution in [0.2, 0.25) is 0 Å². The van der Waals surface area contributed by atoms with E-state index in [0.29, 0.717) is 0 Å². The second-order valence-corrected chi connectivity index (χ2v) is 11.8. The van der Waals surface area contributed by atoms with Crippen molar-refractivity contribution in [2.75, 3.05) is 0 Å². The molecule has 3 aliphatic rings. The van der Waals surface area contributed by atoms with E-state index in [0.717, 1.165) is 56.7 Å². The lowest BCUT2D eigenvalue weighted by Crippen LogP contribution is -2.00. The SMILES string of the molecule is Cc1cc(C)c(/C2=C3\C=CC(=N3)C#Cc3ccc([nH]3)/C(c3c(C)cc(C)cc3C)=C3/C=CC(=N3)C#Cc3ccc2[nH]3)c(C)c1. The Labute approximate surface area is 258 Å². The van der Waals surface area contributed by atoms with E-state index in [1.54, 1.807) is 0 Å². The number of aromatic amines is 2. The third-order valence-electron chi connectivity index (χ3n) is 8.21. The predicted octanol–water partition coefficient (Wildman–Crippen LogP) is 8.15. The van der Waals surface area contributed by atoms with E-state index in [1.165, 1.54) is 44.5 Å². The molecule has 44 heavy (non-hydrogen) atoms. The fourth-order valence-corrected chi connectivity index (χ4v) is 6.58. The monoisotopic (exact) mass is 568 g/mol. The highest BCUT2D eigenvalue weighted by molar-refractivity contribution is 6.13. The number of nitrogens with zero attached hydrogens (tertiary/aromatic N) is 2. The number of aliphatic imine (C=N–C) groups is 2. The van der Waals surface area contributed by atoms with E-state index in [1.807, 2.05) is 24.3 Å². The topological polar surface area (TPSA) is 56.3 Å². The molecule has 2 N–H and O–H groups in total. The fourth-order valence-electron chi connectivity index (χ4n) is 6.58. The Balaban J connectivity index is 1.45. The van der Waals surface area contributed by atoms with Crippen LogP contribution in [0.1, 0.15) is 67.3 Å². The van der Waals surface area contributed by atoms with Gasteiger partial charge in [-0.1, -0.05) is 35.4 Å². The second kappa shape index (κ2) is 10.6. The molecule has 0 saturated carbocycles. The molecule has 4 nitrogen and oxygen atoms in total. The van der Waals surface area contributed by atoms with Crippen molar-refractivity contribution >= 4 is 22.6 Å². The van der Waals surface area contributed by atoms with Gasteiger partial charge in [-0.05, 0) is 147 Å². The van der Waals surface area contributed by atoms with Gasteiger partial charge in [0.2, 0.25) is 0 Å². The first-order valence-corrected chi connectivity index (χ1v) is 14.8. The molecule has 2 aromatic carbocycles. The molecule has 5 heterocycles. The van der Waals surface area contributed by atoms with Crippen LogP contribution in [-0.2, 0) is 0 Å². The molecule has 0 aliphatic carbocycles. The van der Waals surface area contributed by atoms with E-state index >= 15 is 0 Å². The Bertz CT molecular complexity index is 2020. The van der Waals surface area contributed by atoms with Crippen LogP contribution in [0.4, 0.5) is 0 Å². The molecule has 2 aromatic heterocycles. The first-order valence-electron chi connectivity index (χ1n) is 14.8. The Morgan fingerprint density at radius 3 is 1.25 bits per heavy atom. The minimum absolute atomic E-state index is 0.723. The molecule has 0 fully saturated rings. The fraction of sp³-hybridized carbons (Fsp3) is 0.150. The van der Waals surface area contributed by atoms with Gasteiger partial charge < -0.3 is 9.97 Å². The summed E-state index contributed by atoms with van der Waals surface area (Å²) >= 11 is 0. The average Bonchev–Trinajstić information content (AvgIpc) is 3.78. The molecule has 4 heteroatoms. The zero-order chi connectivity index (χ0) is 30.5. The number of hydrogen-bond donors (Lipinski definition) is 2. The van der Waals surface area contributed by atoms with Crippen molar-refractivity contribution in [2.24, 2.45) is 9.98 Å². The van der Waals surface area contributed by atoms with E-state index < -0.39 is 0 Å². The number of rotatable bonds is 2. The van der Waals surface area contributed by atoms with Crippen molar-refractivity contribution in [3.8, 4) is 23.7 Å². The number of H-pyrrole nitrogens is 2. The van der Waals surface area contributed by atoms with Gasteiger partial charge in [0.25, 0.3) is 0 Å². The van der Waals surface area contributed by atoms with Gasteiger partial charge in [-0.25, -0.2) is 9.98 Å². The van der Waals surface area contributed by atoms with E-state index in [2.05, 4.69) is 124 Å². The molecule has 7 rings (SSSR count). The highest BCUT2D eigenvalue weighted by Gasteiger charge is 2.21. The van der Waals surface area contributed by atoms with Crippen LogP contribution in [0, 0.1) is 65.2 Å². The van der Waals surface area contributed by atoms with Crippen LogP contribution in [0.25, 0.3) is 11.1 Å². The standard InChI is InChI=1S/C40H32N4/c1-23-19-25(3)37(26(4)20-23)39-33-15-11-29(41-33)7-9-31-13-17-35(43-31)40(38-27(5)21-24(2)22-28(38)6)36-18-14-32(44-36)10-8-30-12-16-34(39)42-30/h11-22,41,44H,1-6H3/b39-33?,39-34+,40-35+,40-36?. The highest BCUT2D eigenvalue weighted by atomic mass is 14.8. The first-order chi connectivity index (χ1) is 21.2. The molecule has 0 radical (unpaired) electrons. The van der Waals surface area contributed by atoms with Crippen LogP contribution in [-0.4, -0.2) is 21.4 Å². The number of fused-ring (bicyclic) bond motifs is 6. The van der Waals surface area contributed by atoms with Gasteiger partial charge in [-0.3, -0.25) is 0 Å². The molecule has 0 atom stereocenters. The molecule has 0 spiro atoms. The third-order valence-corrected chi connectivity index (χ3v) is 8.21. The number of aromatic nitrogens is 2. The van der Waals surface area contributed by atoms with Crippen molar-refractivity contribution in [2.45, 2.75) is 41.5 Å². The van der Waals surface area contributed by atoms with Crippen molar-refractivity contribution in [3.05, 3.63) is 152 Å². The molecular formula is C40H32N4. The Hall–Kier alpha value is -5.58. The summed E-state index contributed by atoms with van der Waals surface area (Å²) in [6.07, 6.45) is 8.11. The minimum atomic E-state index is 0.723. The summed E-state index contributed by atoms with van der Waals surface area (Å²) in [5, 5.41) is 0. The van der Waals surface area contributed by atoms with Crippen molar-refractivity contribution in [1.29, 1.82) is 0 Å². The van der Waals surface area contributed by atoms with Gasteiger partial charge in [0.05, 0.1) is 22.8 Å². The van der Waals surface area contributed by atoms with Gasteiger partial charge >= 0.3 is 0 Å². The van der Waals surface area contributed by atoms with Gasteiger partial charge in [0.15, 0.2) is 0 Å². The maximum Gasteiger partial charge on any atom is 0.114 e. The molecule has 212 valence electrons. The number of allylic oxidation sites excluding steroid dienone is 4. The Kier molecular flexibility index (Phi) is 6.57. The summed E-state index contributed by atoms with van der Waals surface area (Å²) in [5.41, 5.74) is 18.5. The Morgan fingerprint density at radius 2 is 0.864 bits per heavy atom. The van der Waals surface area contributed by atoms with Crippen molar-refractivity contribution < 1.29 is 0 Å². The molecule has 0 unspecified atom stereocenters. The van der Waals surface area contributed by atoms with Crippen LogP contribution >= 0.6 is 0 Å². The smallest absolute Gasteiger partial charge is 0.114 e. The molecule has 0 amide bonds. The molecule has 3 aliphatic heterocycles. The Morgan fingerprint density at radius 1 is 0.477 bits per heavy atom. The second-order valence-electron chi connectivity index (χ2n) is 11.8. The van der Waals surface area contributed by atoms with Gasteiger partial charge in [-0.15, -0.1) is 0 Å². The summed E-state index contributed by atoms with van der Waals surface area (Å²) in [7, 11) is 0. The van der Waals surface area contributed by atoms with Crippen LogP contribution < -0.4 is 0 Å². The summed E-state index contributed by atoms with van der Waals surface area (Å²) < 4.78 is 0. The van der Waals surface area contributed by atoms with E-state index in [-0.39, 0.29) is 0 Å². The summed E-state index contributed by atoms with van der Waals surface area (Å²) in [6.45, 7) is 12.9. The van der Waals surface area contributed by atoms with Crippen LogP contribution in [0.5, 0.6) is 0 Å². The minimum Gasteiger partial charge on any atom is -0.348 e. The molecule has 8 bridgehead atoms. The third kappa shape index (κ3) is 4.91. The lowest BCUT2D eigenvalue weighted by molar-refractivity contribution is 1.24. The van der Waals surface area contributed by atoms with Gasteiger partial charge in [0.1, 0.15) is 11.4 Å². The van der Waals surface area contributed by atoms with Gasteiger partial charge in [0, 0.05) is 22.5 Å². The summed E-state index contributed by atoms with van der Waals surface area (Å²) in [5.74, 6) is 13.2. The van der Waals surface area contributed by atoms with E-state index in [9.17, 15) is 0 Å². The van der Waals surface area contributed by atoms with E-state index in [4.69, 9.17) is 9.98 Å². The van der Waals surface area contributed by atoms with Crippen molar-refractivity contribution in [1.82, 2.24) is 9.97 Å². The van der Waals surface area contributed by atoms with Gasteiger partial charge in [-0.2, -0.15) is 0 Å². The zero-order valence-corrected chi connectivity index (χ0v) is 25.8. The molecular weight excluding hydrogens is 536 g/mol. The number of hydrogen-bond acceptors (Lipinski definition) is 2. The van der Waals surface area contributed by atoms with Crippen LogP contribution in [0.3, 0.4) is 0 Å². The first kappa shape index (κ1) is 27.3. The largest absolute Gasteiger partial charge is 0.348 e. The number of nitrogens with one attached hydrogen (secondary N) is 2. The lowest BCUT2D eigenvalue weighted by atomic mass is 9.91.